The van der Waals surface area contributed by atoms with Crippen molar-refractivity contribution in [3.05, 3.63) is 76.1 Å². The predicted octanol–water partition coefficient (Wildman–Crippen LogP) is 2.45. The van der Waals surface area contributed by atoms with Gasteiger partial charge in [0.25, 0.3) is 5.91 Å². The molecule has 1 unspecified atom stereocenters. The van der Waals surface area contributed by atoms with Crippen LogP contribution in [0, 0.1) is 10.1 Å². The maximum atomic E-state index is 12.5. The summed E-state index contributed by atoms with van der Waals surface area (Å²) in [6.07, 6.45) is 3.37. The molecule has 26 heavy (non-hydrogen) atoms. The fourth-order valence-electron chi connectivity index (χ4n) is 2.52. The van der Waals surface area contributed by atoms with Crippen molar-refractivity contribution in [2.45, 2.75) is 6.04 Å². The molecule has 1 N–H and O–H groups in total. The average molecular weight is 356 g/mol. The highest BCUT2D eigenvalue weighted by molar-refractivity contribution is 5.92. The Morgan fingerprint density at radius 3 is 2.81 bits per heavy atom. The van der Waals surface area contributed by atoms with E-state index >= 15 is 0 Å². The molecule has 0 spiro atoms. The Balaban J connectivity index is 1.94. The fraction of sp³-hybridized carbons (Fsp3) is 0.176. The summed E-state index contributed by atoms with van der Waals surface area (Å²) >= 11 is 0. The SMILES string of the molecule is COc1cccc(C(NC(=O)c2ccc([N+](=O)[O-])o2)c2nccn2C)c1. The normalized spacial score (nSPS) is 11.8. The summed E-state index contributed by atoms with van der Waals surface area (Å²) in [6, 6.07) is 8.99. The summed E-state index contributed by atoms with van der Waals surface area (Å²) in [5.41, 5.74) is 0.744. The van der Waals surface area contributed by atoms with Crippen molar-refractivity contribution in [3.63, 3.8) is 0 Å². The van der Waals surface area contributed by atoms with Crippen LogP contribution in [0.3, 0.4) is 0 Å². The van der Waals surface area contributed by atoms with E-state index in [1.165, 1.54) is 6.07 Å². The van der Waals surface area contributed by atoms with Crippen molar-refractivity contribution in [2.24, 2.45) is 7.05 Å². The summed E-state index contributed by atoms with van der Waals surface area (Å²) < 4.78 is 12.0. The van der Waals surface area contributed by atoms with E-state index < -0.39 is 22.8 Å². The van der Waals surface area contributed by atoms with Gasteiger partial charge in [-0.15, -0.1) is 0 Å². The number of methoxy groups -OCH3 is 1. The number of nitrogens with one attached hydrogen (secondary N) is 1. The molecular formula is C17H16N4O5. The third kappa shape index (κ3) is 3.41. The van der Waals surface area contributed by atoms with Crippen molar-refractivity contribution < 1.29 is 18.9 Å². The lowest BCUT2D eigenvalue weighted by molar-refractivity contribution is -0.402. The van der Waals surface area contributed by atoms with E-state index in [4.69, 9.17) is 9.15 Å². The molecular weight excluding hydrogens is 340 g/mol. The van der Waals surface area contributed by atoms with Gasteiger partial charge in [0.05, 0.1) is 13.2 Å². The second-order valence-corrected chi connectivity index (χ2v) is 5.47. The second-order valence-electron chi connectivity index (χ2n) is 5.47. The molecule has 0 radical (unpaired) electrons. The zero-order valence-electron chi connectivity index (χ0n) is 14.1. The Labute approximate surface area is 148 Å². The average Bonchev–Trinajstić information content (AvgIpc) is 3.29. The Bertz CT molecular complexity index is 946. The van der Waals surface area contributed by atoms with Gasteiger partial charge in [0.2, 0.25) is 0 Å². The minimum atomic E-state index is -0.699. The number of hydrogen-bond acceptors (Lipinski definition) is 6. The first-order valence-electron chi connectivity index (χ1n) is 7.66. The fourth-order valence-corrected chi connectivity index (χ4v) is 2.52. The Morgan fingerprint density at radius 2 is 2.19 bits per heavy atom. The zero-order chi connectivity index (χ0) is 18.7. The maximum Gasteiger partial charge on any atom is 0.433 e. The lowest BCUT2D eigenvalue weighted by Crippen LogP contribution is -2.30. The Kier molecular flexibility index (Phi) is 4.70. The number of imidazole rings is 1. The van der Waals surface area contributed by atoms with Crippen LogP contribution in [0.25, 0.3) is 0 Å². The van der Waals surface area contributed by atoms with Gasteiger partial charge in [0.1, 0.15) is 22.5 Å². The lowest BCUT2D eigenvalue weighted by atomic mass is 10.1. The molecule has 0 saturated carbocycles. The van der Waals surface area contributed by atoms with Gasteiger partial charge < -0.3 is 19.0 Å². The highest BCUT2D eigenvalue weighted by Gasteiger charge is 2.24. The first-order chi connectivity index (χ1) is 12.5. The van der Waals surface area contributed by atoms with Gasteiger partial charge in [0, 0.05) is 19.4 Å². The number of hydrogen-bond donors (Lipinski definition) is 1. The highest BCUT2D eigenvalue weighted by atomic mass is 16.6. The van der Waals surface area contributed by atoms with Crippen molar-refractivity contribution in [3.8, 4) is 5.75 Å². The molecule has 0 aliphatic carbocycles. The van der Waals surface area contributed by atoms with Crippen molar-refractivity contribution in [2.75, 3.05) is 7.11 Å². The minimum absolute atomic E-state index is 0.154. The van der Waals surface area contributed by atoms with Crippen LogP contribution in [0.4, 0.5) is 5.88 Å². The molecule has 0 aliphatic rings. The molecule has 1 atom stereocenters. The van der Waals surface area contributed by atoms with Crippen LogP contribution in [0.1, 0.15) is 28.0 Å². The Morgan fingerprint density at radius 1 is 1.38 bits per heavy atom. The molecule has 2 heterocycles. The van der Waals surface area contributed by atoms with Crippen molar-refractivity contribution >= 4 is 11.8 Å². The van der Waals surface area contributed by atoms with Gasteiger partial charge in [0.15, 0.2) is 5.76 Å². The molecule has 1 amide bonds. The molecule has 0 fully saturated rings. The number of aryl methyl sites for hydroxylation is 1. The van der Waals surface area contributed by atoms with Crippen LogP contribution in [0.15, 0.2) is 53.2 Å². The second kappa shape index (κ2) is 7.09. The number of ether oxygens (including phenoxy) is 1. The third-order valence-electron chi connectivity index (χ3n) is 3.81. The largest absolute Gasteiger partial charge is 0.497 e. The van der Waals surface area contributed by atoms with Gasteiger partial charge in [-0.3, -0.25) is 14.9 Å². The molecule has 134 valence electrons. The first-order valence-corrected chi connectivity index (χ1v) is 7.66. The van der Waals surface area contributed by atoms with Crippen LogP contribution in [0.5, 0.6) is 5.75 Å². The minimum Gasteiger partial charge on any atom is -0.497 e. The number of carbonyl (C=O) groups is 1. The van der Waals surface area contributed by atoms with E-state index in [1.54, 1.807) is 49.3 Å². The predicted molar refractivity (Wildman–Crippen MR) is 90.9 cm³/mol. The van der Waals surface area contributed by atoms with Gasteiger partial charge in [-0.2, -0.15) is 0 Å². The Hall–Kier alpha value is -3.62. The van der Waals surface area contributed by atoms with Crippen molar-refractivity contribution in [1.29, 1.82) is 0 Å². The van der Waals surface area contributed by atoms with Gasteiger partial charge in [-0.05, 0) is 23.8 Å². The van der Waals surface area contributed by atoms with Gasteiger partial charge >= 0.3 is 5.88 Å². The molecule has 9 heteroatoms. The molecule has 0 bridgehead atoms. The summed E-state index contributed by atoms with van der Waals surface area (Å²) in [5, 5.41) is 13.5. The monoisotopic (exact) mass is 356 g/mol. The van der Waals surface area contributed by atoms with E-state index in [0.717, 1.165) is 11.6 Å². The van der Waals surface area contributed by atoms with Crippen LogP contribution in [0.2, 0.25) is 0 Å². The van der Waals surface area contributed by atoms with E-state index in [1.807, 2.05) is 6.07 Å². The molecule has 3 rings (SSSR count). The first kappa shape index (κ1) is 17.2. The number of nitro groups is 1. The topological polar surface area (TPSA) is 112 Å². The number of amides is 1. The summed E-state index contributed by atoms with van der Waals surface area (Å²) in [4.78, 5) is 26.9. The van der Waals surface area contributed by atoms with E-state index in [0.29, 0.717) is 11.6 Å². The molecule has 2 aromatic heterocycles. The van der Waals surface area contributed by atoms with Crippen LogP contribution in [-0.2, 0) is 7.05 Å². The highest BCUT2D eigenvalue weighted by Crippen LogP contribution is 2.25. The number of nitrogens with zero attached hydrogens (tertiary/aromatic N) is 3. The molecule has 1 aromatic carbocycles. The van der Waals surface area contributed by atoms with Gasteiger partial charge in [-0.25, -0.2) is 4.98 Å². The quantitative estimate of drug-likeness (QED) is 0.536. The lowest BCUT2D eigenvalue weighted by Gasteiger charge is -2.19. The van der Waals surface area contributed by atoms with Crippen molar-refractivity contribution in [1.82, 2.24) is 14.9 Å². The summed E-state index contributed by atoms with van der Waals surface area (Å²) in [6.45, 7) is 0. The molecule has 0 saturated heterocycles. The van der Waals surface area contributed by atoms with Crippen LogP contribution < -0.4 is 10.1 Å². The number of furan rings is 1. The molecule has 0 aliphatic heterocycles. The molecule has 9 nitrogen and oxygen atoms in total. The van der Waals surface area contributed by atoms with Gasteiger partial charge in [-0.1, -0.05) is 12.1 Å². The number of benzene rings is 1. The summed E-state index contributed by atoms with van der Waals surface area (Å²) in [5.74, 6) is -0.0185. The smallest absolute Gasteiger partial charge is 0.433 e. The molecule has 3 aromatic rings. The number of rotatable bonds is 6. The van der Waals surface area contributed by atoms with Crippen LogP contribution in [-0.4, -0.2) is 27.5 Å². The van der Waals surface area contributed by atoms with E-state index in [-0.39, 0.29) is 5.76 Å². The zero-order valence-corrected chi connectivity index (χ0v) is 14.1. The number of aromatic nitrogens is 2. The van der Waals surface area contributed by atoms with Crippen LogP contribution >= 0.6 is 0 Å². The summed E-state index contributed by atoms with van der Waals surface area (Å²) in [7, 11) is 3.36. The van der Waals surface area contributed by atoms with E-state index in [2.05, 4.69) is 10.3 Å². The number of carbonyl (C=O) groups excluding carboxylic acids is 1. The third-order valence-corrected chi connectivity index (χ3v) is 3.81. The van der Waals surface area contributed by atoms with E-state index in [9.17, 15) is 14.9 Å². The standard InChI is InChI=1S/C17H16N4O5/c1-20-9-8-18-16(20)15(11-4-3-5-12(10-11)25-2)19-17(22)13-6-7-14(26-13)21(23)24/h3-10,15H,1-2H3,(H,19,22). The maximum absolute atomic E-state index is 12.5.